The third kappa shape index (κ3) is 8.29. The molecule has 0 heterocycles. The molecule has 2 rings (SSSR count). The first-order valence-electron chi connectivity index (χ1n) is 12.3. The topological polar surface area (TPSA) is 91.0 Å². The maximum Gasteiger partial charge on any atom is 0.365 e. The van der Waals surface area contributed by atoms with Gasteiger partial charge in [-0.3, -0.25) is 4.79 Å². The van der Waals surface area contributed by atoms with Gasteiger partial charge in [-0.1, -0.05) is 82.0 Å². The minimum Gasteiger partial charge on any atom is -0.465 e. The van der Waals surface area contributed by atoms with Crippen molar-refractivity contribution in [2.75, 3.05) is 6.61 Å². The number of rotatable bonds is 16. The van der Waals surface area contributed by atoms with E-state index in [2.05, 4.69) is 12.1 Å². The van der Waals surface area contributed by atoms with Crippen LogP contribution in [0.1, 0.15) is 107 Å². The van der Waals surface area contributed by atoms with Crippen molar-refractivity contribution in [1.82, 2.24) is 0 Å². The number of hydrogen-bond donors (Lipinski definition) is 1. The summed E-state index contributed by atoms with van der Waals surface area (Å²) in [6, 6.07) is 7.44. The van der Waals surface area contributed by atoms with E-state index in [0.29, 0.717) is 18.4 Å². The lowest BCUT2D eigenvalue weighted by molar-refractivity contribution is -0.146. The number of carbonyl (C=O) groups is 2. The van der Waals surface area contributed by atoms with Crippen molar-refractivity contribution in [3.8, 4) is 0 Å². The molecule has 1 saturated carbocycles. The van der Waals surface area contributed by atoms with Crippen LogP contribution in [0.4, 0.5) is 0 Å². The van der Waals surface area contributed by atoms with Crippen LogP contribution in [-0.4, -0.2) is 24.4 Å². The number of esters is 1. The monoisotopic (exact) mass is 444 g/mol. The first-order chi connectivity index (χ1) is 15.5. The third-order valence-electron chi connectivity index (χ3n) is 6.12. The molecule has 2 N–H and O–H groups in total. The number of nitrogens with zero attached hydrogens (tertiary/aromatic N) is 1. The number of oxime groups is 1. The molecule has 0 saturated heterocycles. The molecule has 0 spiro atoms. The zero-order valence-electron chi connectivity index (χ0n) is 19.9. The summed E-state index contributed by atoms with van der Waals surface area (Å²) < 4.78 is 5.05. The number of aryl methyl sites for hydroxylation is 1. The molecule has 1 aliphatic carbocycles. The molecule has 6 nitrogen and oxygen atoms in total. The molecule has 0 radical (unpaired) electrons. The molecule has 0 atom stereocenters. The molecule has 1 aromatic carbocycles. The predicted octanol–water partition coefficient (Wildman–Crippen LogP) is 5.92. The van der Waals surface area contributed by atoms with Crippen LogP contribution in [0.25, 0.3) is 0 Å². The number of hydrogen-bond acceptors (Lipinski definition) is 5. The molecule has 0 amide bonds. The van der Waals surface area contributed by atoms with Gasteiger partial charge in [-0.15, -0.1) is 0 Å². The first kappa shape index (κ1) is 25.9. The second kappa shape index (κ2) is 13.9. The molecule has 178 valence electrons. The molecule has 0 aliphatic heterocycles. The molecule has 0 bridgehead atoms. The Labute approximate surface area is 192 Å². The Morgan fingerprint density at radius 3 is 2.19 bits per heavy atom. The highest BCUT2D eigenvalue weighted by Crippen LogP contribution is 2.47. The van der Waals surface area contributed by atoms with E-state index >= 15 is 0 Å². The van der Waals surface area contributed by atoms with Gasteiger partial charge >= 0.3 is 11.9 Å². The normalized spacial score (nSPS) is 14.8. The van der Waals surface area contributed by atoms with Gasteiger partial charge < -0.3 is 15.3 Å². The average molecular weight is 445 g/mol. The summed E-state index contributed by atoms with van der Waals surface area (Å²) in [6.07, 6.45) is 15.1. The van der Waals surface area contributed by atoms with Gasteiger partial charge in [0.05, 0.1) is 12.2 Å². The number of amidine groups is 1. The quantitative estimate of drug-likeness (QED) is 0.0853. The molecule has 6 heteroatoms. The number of carbonyl (C=O) groups excluding carboxylic acids is 2. The Kier molecular flexibility index (Phi) is 11.3. The van der Waals surface area contributed by atoms with E-state index in [1.54, 1.807) is 13.0 Å². The fourth-order valence-electron chi connectivity index (χ4n) is 3.86. The van der Waals surface area contributed by atoms with E-state index in [1.807, 2.05) is 18.2 Å². The summed E-state index contributed by atoms with van der Waals surface area (Å²) >= 11 is 0. The van der Waals surface area contributed by atoms with Gasteiger partial charge in [0.15, 0.2) is 5.84 Å². The lowest BCUT2D eigenvalue weighted by atomic mass is 10.0. The fourth-order valence-corrected chi connectivity index (χ4v) is 3.86. The summed E-state index contributed by atoms with van der Waals surface area (Å²) in [5.41, 5.74) is 6.55. The van der Waals surface area contributed by atoms with E-state index in [1.165, 1.54) is 57.8 Å². The minimum absolute atomic E-state index is 0.00539. The van der Waals surface area contributed by atoms with Crippen LogP contribution in [0.3, 0.4) is 0 Å². The number of nitrogens with two attached hydrogens (primary N) is 1. The van der Waals surface area contributed by atoms with E-state index in [9.17, 15) is 9.59 Å². The Hall–Kier alpha value is -2.37. The summed E-state index contributed by atoms with van der Waals surface area (Å²) in [7, 11) is 0. The Morgan fingerprint density at radius 2 is 1.59 bits per heavy atom. The zero-order valence-corrected chi connectivity index (χ0v) is 19.9. The number of benzene rings is 1. The van der Waals surface area contributed by atoms with Crippen molar-refractivity contribution >= 4 is 17.8 Å². The molecule has 1 aromatic rings. The summed E-state index contributed by atoms with van der Waals surface area (Å²) in [5.74, 6) is -0.973. The minimum atomic E-state index is -0.923. The average Bonchev–Trinajstić information content (AvgIpc) is 3.61. The molecule has 0 aromatic heterocycles. The zero-order chi connectivity index (χ0) is 23.2. The van der Waals surface area contributed by atoms with Crippen LogP contribution in [0.15, 0.2) is 29.4 Å². The van der Waals surface area contributed by atoms with Crippen LogP contribution >= 0.6 is 0 Å². The second-order valence-corrected chi connectivity index (χ2v) is 8.79. The molecule has 0 unspecified atom stereocenters. The highest BCUT2D eigenvalue weighted by atomic mass is 16.7. The van der Waals surface area contributed by atoms with E-state index in [-0.39, 0.29) is 12.4 Å². The van der Waals surface area contributed by atoms with Gasteiger partial charge in [0.25, 0.3) is 0 Å². The lowest BCUT2D eigenvalue weighted by Gasteiger charge is -2.12. The van der Waals surface area contributed by atoms with Crippen LogP contribution < -0.4 is 5.73 Å². The van der Waals surface area contributed by atoms with Crippen LogP contribution in [0, 0.1) is 5.41 Å². The van der Waals surface area contributed by atoms with Gasteiger partial charge in [-0.25, -0.2) is 4.79 Å². The Balaban J connectivity index is 1.71. The second-order valence-electron chi connectivity index (χ2n) is 8.79. The maximum atomic E-state index is 12.4. The summed E-state index contributed by atoms with van der Waals surface area (Å²) in [6.45, 7) is 4.27. The first-order valence-corrected chi connectivity index (χ1v) is 12.3. The van der Waals surface area contributed by atoms with Crippen molar-refractivity contribution in [3.05, 3.63) is 35.4 Å². The maximum absolute atomic E-state index is 12.4. The summed E-state index contributed by atoms with van der Waals surface area (Å²) in [4.78, 5) is 29.4. The molecule has 32 heavy (non-hydrogen) atoms. The molecular weight excluding hydrogens is 404 g/mol. The predicted molar refractivity (Wildman–Crippen MR) is 127 cm³/mol. The van der Waals surface area contributed by atoms with Crippen molar-refractivity contribution in [3.63, 3.8) is 0 Å². The standard InChI is InChI=1S/C26H40N2O4/c1-3-5-6-7-8-9-10-11-12-13-15-21-16-14-17-22(20-21)23(29)32-28-24(27)26(18-19-26)25(30)31-4-2/h14,16-17,20H,3-13,15,18-19H2,1-2H3,(H2,27,28). The lowest BCUT2D eigenvalue weighted by Crippen LogP contribution is -2.34. The SMILES string of the molecule is CCCCCCCCCCCCc1cccc(C(=O)O/N=C(\N)C2(C(=O)OCC)CC2)c1. The van der Waals surface area contributed by atoms with Crippen molar-refractivity contribution < 1.29 is 19.2 Å². The van der Waals surface area contributed by atoms with E-state index < -0.39 is 17.4 Å². The summed E-state index contributed by atoms with van der Waals surface area (Å²) in [5, 5.41) is 3.74. The number of ether oxygens (including phenoxy) is 1. The van der Waals surface area contributed by atoms with Crippen molar-refractivity contribution in [2.24, 2.45) is 16.3 Å². The van der Waals surface area contributed by atoms with Crippen LogP contribution in [0.5, 0.6) is 0 Å². The molecule has 1 fully saturated rings. The van der Waals surface area contributed by atoms with E-state index in [0.717, 1.165) is 18.4 Å². The van der Waals surface area contributed by atoms with Crippen molar-refractivity contribution in [2.45, 2.75) is 97.3 Å². The van der Waals surface area contributed by atoms with Gasteiger partial charge in [-0.2, -0.15) is 0 Å². The van der Waals surface area contributed by atoms with Crippen molar-refractivity contribution in [1.29, 1.82) is 0 Å². The number of unbranched alkanes of at least 4 members (excludes halogenated alkanes) is 9. The highest BCUT2D eigenvalue weighted by molar-refractivity contribution is 6.07. The van der Waals surface area contributed by atoms with Gasteiger partial charge in [-0.05, 0) is 50.3 Å². The third-order valence-corrected chi connectivity index (χ3v) is 6.12. The smallest absolute Gasteiger partial charge is 0.365 e. The van der Waals surface area contributed by atoms with Gasteiger partial charge in [0.1, 0.15) is 5.41 Å². The van der Waals surface area contributed by atoms with E-state index in [4.69, 9.17) is 15.3 Å². The fraction of sp³-hybridized carbons (Fsp3) is 0.654. The largest absolute Gasteiger partial charge is 0.465 e. The molecule has 1 aliphatic rings. The van der Waals surface area contributed by atoms with Gasteiger partial charge in [0.2, 0.25) is 0 Å². The van der Waals surface area contributed by atoms with Crippen LogP contribution in [0.2, 0.25) is 0 Å². The molecular formula is C26H40N2O4. The van der Waals surface area contributed by atoms with Gasteiger partial charge in [0, 0.05) is 0 Å². The van der Waals surface area contributed by atoms with Crippen LogP contribution in [-0.2, 0) is 20.8 Å². The Bertz CT molecular complexity index is 756. The Morgan fingerprint density at radius 1 is 0.969 bits per heavy atom. The highest BCUT2D eigenvalue weighted by Gasteiger charge is 2.55.